The summed E-state index contributed by atoms with van der Waals surface area (Å²) >= 11 is 0. The minimum Gasteiger partial charge on any atom is -0.502 e. The fraction of sp³-hybridized carbons (Fsp3) is 0.382. The van der Waals surface area contributed by atoms with Gasteiger partial charge in [0.25, 0.3) is 0 Å². The molecule has 2 aliphatic heterocycles. The number of hydrogen-bond donors (Lipinski definition) is 7. The summed E-state index contributed by atoms with van der Waals surface area (Å²) in [4.78, 5) is 28.8. The molecule has 2 heterocycles. The van der Waals surface area contributed by atoms with Gasteiger partial charge in [-0.05, 0) is 42.7 Å². The van der Waals surface area contributed by atoms with Crippen LogP contribution in [0.25, 0.3) is 0 Å². The number of phenols is 1. The number of rotatable bonds is 11. The number of fused-ring (bicyclic) bond motifs is 1. The number of guanidine groups is 1. The molecule has 50 heavy (non-hydrogen) atoms. The number of methoxy groups -OCH3 is 1. The van der Waals surface area contributed by atoms with E-state index in [2.05, 4.69) is 10.3 Å². The molecule has 16 heteroatoms. The third-order valence-corrected chi connectivity index (χ3v) is 8.48. The van der Waals surface area contributed by atoms with Crippen molar-refractivity contribution in [2.75, 3.05) is 34.1 Å². The number of carbonyl (C=O) groups excluding carboxylic acids is 1. The summed E-state index contributed by atoms with van der Waals surface area (Å²) in [6, 6.07) is 14.6. The van der Waals surface area contributed by atoms with Gasteiger partial charge in [-0.1, -0.05) is 30.3 Å². The number of hydrogen-bond acceptors (Lipinski definition) is 13. The number of aliphatic hydroxyl groups is 3. The van der Waals surface area contributed by atoms with Crippen LogP contribution in [-0.4, -0.2) is 108 Å². The molecule has 0 amide bonds. The number of aromatic hydroxyl groups is 1. The number of aromatic carboxylic acids is 1. The molecule has 3 aromatic rings. The standard InChI is InChI=1S/C34H39N3O13/c1-36-33(35)37-17-48-23-14-19(30(42)43)8-9-22(23)49-32-27(40)26(39)29(41)34(50-32)12-10-20-21(31(44)47-16-34)15-24(25(38)28(20)45-2)46-13-11-18-6-4-3-5-7-18/h3-9,14-15,26-27,29,32,38-41H,10-13,16-17H2,1-2H3,(H,42,43)(H3,35,36,37)/t26-,27-,29+,32-,34-/m1/s1. The molecule has 0 bridgehead atoms. The molecular formula is C34H39N3O13. The SMILES string of the molecule is CN=C(N)NCOc1cc(C(=O)O)ccc1O[C@@H]1O[C@@]2(CCc3c(cc(OCCc4ccccc4)c(O)c3OC)C(=O)OC2)[C@@H](O)[C@H](O)[C@H]1O. The van der Waals surface area contributed by atoms with Crippen LogP contribution < -0.4 is 30.0 Å². The second kappa shape index (κ2) is 15.5. The quantitative estimate of drug-likeness (QED) is 0.0639. The van der Waals surface area contributed by atoms with Crippen molar-refractivity contribution in [3.63, 3.8) is 0 Å². The van der Waals surface area contributed by atoms with Crippen molar-refractivity contribution >= 4 is 17.9 Å². The lowest BCUT2D eigenvalue weighted by Crippen LogP contribution is -2.67. The first-order chi connectivity index (χ1) is 24.0. The number of esters is 1. The Kier molecular flexibility index (Phi) is 11.2. The van der Waals surface area contributed by atoms with E-state index in [0.717, 1.165) is 5.56 Å². The molecule has 0 saturated carbocycles. The van der Waals surface area contributed by atoms with Crippen LogP contribution in [0.2, 0.25) is 0 Å². The van der Waals surface area contributed by atoms with E-state index in [1.165, 1.54) is 38.4 Å². The Morgan fingerprint density at radius 1 is 1.06 bits per heavy atom. The predicted molar refractivity (Wildman–Crippen MR) is 175 cm³/mol. The molecule has 0 aromatic heterocycles. The van der Waals surface area contributed by atoms with E-state index in [1.807, 2.05) is 30.3 Å². The normalized spacial score (nSPS) is 23.5. The highest BCUT2D eigenvalue weighted by molar-refractivity contribution is 5.93. The number of aliphatic hydroxyl groups excluding tert-OH is 3. The minimum atomic E-state index is -1.84. The van der Waals surface area contributed by atoms with Gasteiger partial charge < -0.3 is 65.0 Å². The molecular weight excluding hydrogens is 658 g/mol. The summed E-state index contributed by atoms with van der Waals surface area (Å²) in [6.45, 7) is -0.612. The Hall–Kier alpha value is -5.29. The zero-order valence-corrected chi connectivity index (χ0v) is 27.3. The van der Waals surface area contributed by atoms with Crippen LogP contribution in [0.4, 0.5) is 0 Å². The number of carboxylic acids is 1. The zero-order valence-electron chi connectivity index (χ0n) is 27.3. The third-order valence-electron chi connectivity index (χ3n) is 8.48. The second-order valence-electron chi connectivity index (χ2n) is 11.6. The third kappa shape index (κ3) is 7.63. The maximum Gasteiger partial charge on any atom is 0.338 e. The zero-order chi connectivity index (χ0) is 36.0. The summed E-state index contributed by atoms with van der Waals surface area (Å²) in [5.74, 6) is -2.62. The van der Waals surface area contributed by atoms with Gasteiger partial charge in [0.15, 0.2) is 35.7 Å². The van der Waals surface area contributed by atoms with Gasteiger partial charge in [0, 0.05) is 19.0 Å². The molecule has 1 spiro atoms. The predicted octanol–water partition coefficient (Wildman–Crippen LogP) is 0.951. The smallest absolute Gasteiger partial charge is 0.338 e. The van der Waals surface area contributed by atoms with Crippen molar-refractivity contribution in [2.45, 2.75) is 49.5 Å². The summed E-state index contributed by atoms with van der Waals surface area (Å²) in [5, 5.41) is 56.3. The Balaban J connectivity index is 1.39. The number of cyclic esters (lactones) is 1. The molecule has 0 unspecified atom stereocenters. The Labute approximate surface area is 286 Å². The maximum absolute atomic E-state index is 13.5. The van der Waals surface area contributed by atoms with Crippen LogP contribution in [0.5, 0.6) is 28.7 Å². The molecule has 0 radical (unpaired) electrons. The molecule has 3 aromatic carbocycles. The van der Waals surface area contributed by atoms with Crippen LogP contribution in [0, 0.1) is 0 Å². The van der Waals surface area contributed by atoms with E-state index in [4.69, 9.17) is 34.2 Å². The highest BCUT2D eigenvalue weighted by atomic mass is 16.7. The van der Waals surface area contributed by atoms with Gasteiger partial charge in [0.05, 0.1) is 24.8 Å². The van der Waals surface area contributed by atoms with E-state index in [-0.39, 0.29) is 77.6 Å². The molecule has 1 saturated heterocycles. The van der Waals surface area contributed by atoms with Crippen LogP contribution in [-0.2, 0) is 22.3 Å². The number of carboxylic acid groups (broad SMARTS) is 1. The number of phenolic OH excluding ortho intramolecular Hbond substituents is 1. The van der Waals surface area contributed by atoms with E-state index < -0.39 is 48.7 Å². The monoisotopic (exact) mass is 697 g/mol. The lowest BCUT2D eigenvalue weighted by Gasteiger charge is -2.48. The number of nitrogens with one attached hydrogen (secondary N) is 1. The molecule has 5 rings (SSSR count). The van der Waals surface area contributed by atoms with Gasteiger partial charge in [-0.15, -0.1) is 0 Å². The highest BCUT2D eigenvalue weighted by Gasteiger charge is 2.56. The summed E-state index contributed by atoms with van der Waals surface area (Å²) in [6.07, 6.45) is -6.68. The largest absolute Gasteiger partial charge is 0.502 e. The van der Waals surface area contributed by atoms with Gasteiger partial charge in [0.2, 0.25) is 12.0 Å². The molecule has 8 N–H and O–H groups in total. The van der Waals surface area contributed by atoms with E-state index >= 15 is 0 Å². The minimum absolute atomic E-state index is 0.0107. The lowest BCUT2D eigenvalue weighted by molar-refractivity contribution is -0.320. The van der Waals surface area contributed by atoms with Gasteiger partial charge in [-0.3, -0.25) is 4.99 Å². The first-order valence-corrected chi connectivity index (χ1v) is 15.6. The van der Waals surface area contributed by atoms with Crippen LogP contribution in [0.3, 0.4) is 0 Å². The van der Waals surface area contributed by atoms with Gasteiger partial charge in [0.1, 0.15) is 30.5 Å². The highest BCUT2D eigenvalue weighted by Crippen LogP contribution is 2.45. The fourth-order valence-electron chi connectivity index (χ4n) is 5.71. The second-order valence-corrected chi connectivity index (χ2v) is 11.6. The van der Waals surface area contributed by atoms with Crippen molar-refractivity contribution in [3.8, 4) is 28.7 Å². The van der Waals surface area contributed by atoms with Crippen molar-refractivity contribution in [1.82, 2.24) is 5.32 Å². The summed E-state index contributed by atoms with van der Waals surface area (Å²) in [5.41, 5.74) is 4.98. The fourth-order valence-corrected chi connectivity index (χ4v) is 5.71. The topological polar surface area (TPSA) is 241 Å². The number of aliphatic imine (C=N–C) groups is 1. The molecule has 268 valence electrons. The van der Waals surface area contributed by atoms with Crippen molar-refractivity contribution < 1.29 is 63.5 Å². The van der Waals surface area contributed by atoms with Crippen molar-refractivity contribution in [3.05, 3.63) is 76.9 Å². The molecule has 1 fully saturated rings. The Bertz CT molecular complexity index is 1720. The maximum atomic E-state index is 13.5. The first-order valence-electron chi connectivity index (χ1n) is 15.6. The molecule has 5 atom stereocenters. The van der Waals surface area contributed by atoms with Gasteiger partial charge in [-0.25, -0.2) is 9.59 Å². The van der Waals surface area contributed by atoms with E-state index in [1.54, 1.807) is 0 Å². The summed E-state index contributed by atoms with van der Waals surface area (Å²) < 4.78 is 34.6. The average molecular weight is 698 g/mol. The van der Waals surface area contributed by atoms with Gasteiger partial charge >= 0.3 is 11.9 Å². The van der Waals surface area contributed by atoms with Gasteiger partial charge in [-0.2, -0.15) is 0 Å². The number of nitrogens with two attached hydrogens (primary N) is 1. The molecule has 2 aliphatic rings. The van der Waals surface area contributed by atoms with Crippen LogP contribution in [0.15, 0.2) is 59.6 Å². The number of nitrogens with zero attached hydrogens (tertiary/aromatic N) is 1. The molecule has 0 aliphatic carbocycles. The number of carbonyl (C=O) groups is 2. The summed E-state index contributed by atoms with van der Waals surface area (Å²) in [7, 11) is 2.76. The molecule has 16 nitrogen and oxygen atoms in total. The van der Waals surface area contributed by atoms with E-state index in [9.17, 15) is 35.1 Å². The lowest BCUT2D eigenvalue weighted by atomic mass is 9.81. The van der Waals surface area contributed by atoms with Crippen molar-refractivity contribution in [1.29, 1.82) is 0 Å². The number of benzene rings is 3. The van der Waals surface area contributed by atoms with Crippen LogP contribution >= 0.6 is 0 Å². The van der Waals surface area contributed by atoms with E-state index in [0.29, 0.717) is 6.42 Å². The van der Waals surface area contributed by atoms with Crippen molar-refractivity contribution in [2.24, 2.45) is 10.7 Å². The number of ether oxygens (including phenoxy) is 6. The van der Waals surface area contributed by atoms with Crippen LogP contribution in [0.1, 0.15) is 38.3 Å². The average Bonchev–Trinajstić information content (AvgIpc) is 3.11. The Morgan fingerprint density at radius 2 is 1.82 bits per heavy atom. The Morgan fingerprint density at radius 3 is 2.52 bits per heavy atom. The first kappa shape index (κ1) is 36.0.